The van der Waals surface area contributed by atoms with Gasteiger partial charge in [-0.25, -0.2) is 0 Å². The molecule has 18 heavy (non-hydrogen) atoms. The lowest BCUT2D eigenvalue weighted by molar-refractivity contribution is 0.158. The van der Waals surface area contributed by atoms with Gasteiger partial charge < -0.3 is 9.63 Å². The number of hydrogen-bond acceptors (Lipinski definition) is 5. The zero-order chi connectivity index (χ0) is 12.8. The molecule has 96 valence electrons. The molecule has 0 aliphatic heterocycles. The Kier molecular flexibility index (Phi) is 4.78. The number of benzene rings is 1. The fourth-order valence-electron chi connectivity index (χ4n) is 1.44. The third kappa shape index (κ3) is 3.85. The zero-order valence-electron chi connectivity index (χ0n) is 10.2. The lowest BCUT2D eigenvalue weighted by atomic mass is 10.2. The molecule has 0 fully saturated rings. The van der Waals surface area contributed by atoms with E-state index in [2.05, 4.69) is 10.1 Å². The number of thioether (sulfide) groups is 1. The molecule has 2 rings (SSSR count). The van der Waals surface area contributed by atoms with E-state index in [1.54, 1.807) is 11.8 Å². The van der Waals surface area contributed by atoms with Gasteiger partial charge in [0.25, 0.3) is 0 Å². The van der Waals surface area contributed by atoms with Crippen molar-refractivity contribution in [2.45, 2.75) is 36.5 Å². The van der Waals surface area contributed by atoms with Crippen molar-refractivity contribution in [3.63, 3.8) is 0 Å². The van der Waals surface area contributed by atoms with Crippen molar-refractivity contribution in [3.8, 4) is 0 Å². The summed E-state index contributed by atoms with van der Waals surface area (Å²) in [5.74, 6) is 1.85. The topological polar surface area (TPSA) is 59.2 Å². The minimum atomic E-state index is -0.403. The van der Waals surface area contributed by atoms with E-state index in [9.17, 15) is 5.11 Å². The lowest BCUT2D eigenvalue weighted by Crippen LogP contribution is -2.08. The van der Waals surface area contributed by atoms with Crippen LogP contribution >= 0.6 is 11.8 Å². The third-order valence-corrected chi connectivity index (χ3v) is 3.51. The number of aliphatic hydroxyl groups excluding tert-OH is 1. The SMILES string of the molecule is CCC(O)Cc1nc(CSc2ccccc2)no1. The first-order valence-corrected chi connectivity index (χ1v) is 6.94. The van der Waals surface area contributed by atoms with Gasteiger partial charge in [-0.2, -0.15) is 4.98 Å². The van der Waals surface area contributed by atoms with Crippen LogP contribution in [0.3, 0.4) is 0 Å². The summed E-state index contributed by atoms with van der Waals surface area (Å²) in [5.41, 5.74) is 0. The second-order valence-electron chi connectivity index (χ2n) is 3.97. The molecular formula is C13H16N2O2S. The van der Waals surface area contributed by atoms with Gasteiger partial charge in [0.2, 0.25) is 5.89 Å². The highest BCUT2D eigenvalue weighted by atomic mass is 32.2. The summed E-state index contributed by atoms with van der Waals surface area (Å²) in [4.78, 5) is 5.43. The largest absolute Gasteiger partial charge is 0.393 e. The first-order chi connectivity index (χ1) is 8.78. The van der Waals surface area contributed by atoms with E-state index in [1.807, 2.05) is 37.3 Å². The van der Waals surface area contributed by atoms with Crippen molar-refractivity contribution >= 4 is 11.8 Å². The first-order valence-electron chi connectivity index (χ1n) is 5.95. The standard InChI is InChI=1S/C13H16N2O2S/c1-2-10(16)8-13-14-12(15-17-13)9-18-11-6-4-3-5-7-11/h3-7,10,16H,2,8-9H2,1H3. The zero-order valence-corrected chi connectivity index (χ0v) is 11.1. The third-order valence-electron chi connectivity index (χ3n) is 2.50. The van der Waals surface area contributed by atoms with Crippen molar-refractivity contribution in [1.29, 1.82) is 0 Å². The molecule has 1 heterocycles. The number of rotatable bonds is 6. The Balaban J connectivity index is 1.87. The molecule has 0 amide bonds. The summed E-state index contributed by atoms with van der Waals surface area (Å²) in [6.45, 7) is 1.92. The van der Waals surface area contributed by atoms with Gasteiger partial charge in [-0.15, -0.1) is 11.8 Å². The highest BCUT2D eigenvalue weighted by Crippen LogP contribution is 2.20. The normalized spacial score (nSPS) is 12.6. The molecule has 0 radical (unpaired) electrons. The number of aliphatic hydroxyl groups is 1. The monoisotopic (exact) mass is 264 g/mol. The fourth-order valence-corrected chi connectivity index (χ4v) is 2.20. The smallest absolute Gasteiger partial charge is 0.229 e. The molecule has 0 saturated heterocycles. The van der Waals surface area contributed by atoms with Crippen LogP contribution in [0.1, 0.15) is 25.1 Å². The molecule has 1 N–H and O–H groups in total. The van der Waals surface area contributed by atoms with Crippen LogP contribution in [-0.4, -0.2) is 21.4 Å². The second kappa shape index (κ2) is 6.56. The molecule has 1 aromatic carbocycles. The molecular weight excluding hydrogens is 248 g/mol. The predicted molar refractivity (Wildman–Crippen MR) is 70.3 cm³/mol. The number of aromatic nitrogens is 2. The summed E-state index contributed by atoms with van der Waals surface area (Å²) in [7, 11) is 0. The van der Waals surface area contributed by atoms with Crippen molar-refractivity contribution in [2.24, 2.45) is 0 Å². The molecule has 0 bridgehead atoms. The van der Waals surface area contributed by atoms with E-state index in [4.69, 9.17) is 4.52 Å². The van der Waals surface area contributed by atoms with E-state index in [1.165, 1.54) is 4.90 Å². The van der Waals surface area contributed by atoms with Crippen LogP contribution in [-0.2, 0) is 12.2 Å². The molecule has 2 aromatic rings. The maximum absolute atomic E-state index is 9.50. The molecule has 1 aromatic heterocycles. The molecule has 1 atom stereocenters. The van der Waals surface area contributed by atoms with Crippen molar-refractivity contribution in [3.05, 3.63) is 42.0 Å². The van der Waals surface area contributed by atoms with E-state index in [0.29, 0.717) is 30.3 Å². The van der Waals surface area contributed by atoms with Crippen LogP contribution in [0.2, 0.25) is 0 Å². The Morgan fingerprint density at radius 3 is 2.83 bits per heavy atom. The van der Waals surface area contributed by atoms with Gasteiger partial charge in [-0.05, 0) is 18.6 Å². The minimum absolute atomic E-state index is 0.403. The molecule has 0 aliphatic rings. The van der Waals surface area contributed by atoms with Gasteiger partial charge in [-0.1, -0.05) is 30.3 Å². The highest BCUT2D eigenvalue weighted by Gasteiger charge is 2.10. The van der Waals surface area contributed by atoms with Crippen LogP contribution in [0, 0.1) is 0 Å². The summed E-state index contributed by atoms with van der Waals surface area (Å²) < 4.78 is 5.09. The predicted octanol–water partition coefficient (Wildman–Crippen LogP) is 2.68. The minimum Gasteiger partial charge on any atom is -0.393 e. The summed E-state index contributed by atoms with van der Waals surface area (Å²) in [5, 5.41) is 13.4. The van der Waals surface area contributed by atoms with E-state index in [0.717, 1.165) is 0 Å². The summed E-state index contributed by atoms with van der Waals surface area (Å²) in [6.07, 6.45) is 0.718. The van der Waals surface area contributed by atoms with Crippen molar-refractivity contribution in [1.82, 2.24) is 10.1 Å². The number of nitrogens with zero attached hydrogens (tertiary/aromatic N) is 2. The molecule has 5 heteroatoms. The number of hydrogen-bond donors (Lipinski definition) is 1. The van der Waals surface area contributed by atoms with Gasteiger partial charge in [0.05, 0.1) is 18.3 Å². The fraction of sp³-hybridized carbons (Fsp3) is 0.385. The van der Waals surface area contributed by atoms with Crippen molar-refractivity contribution in [2.75, 3.05) is 0 Å². The first kappa shape index (κ1) is 13.1. The van der Waals surface area contributed by atoms with Crippen LogP contribution in [0.5, 0.6) is 0 Å². The Labute approximate surface area is 110 Å². The Morgan fingerprint density at radius 2 is 2.11 bits per heavy atom. The average Bonchev–Trinajstić information content (AvgIpc) is 2.85. The van der Waals surface area contributed by atoms with E-state index in [-0.39, 0.29) is 0 Å². The van der Waals surface area contributed by atoms with Gasteiger partial charge in [0, 0.05) is 4.90 Å². The Hall–Kier alpha value is -1.33. The van der Waals surface area contributed by atoms with Crippen LogP contribution in [0.25, 0.3) is 0 Å². The molecule has 0 aliphatic carbocycles. The van der Waals surface area contributed by atoms with Gasteiger partial charge in [0.1, 0.15) is 0 Å². The Bertz CT molecular complexity index is 473. The molecule has 1 unspecified atom stereocenters. The van der Waals surface area contributed by atoms with Crippen LogP contribution in [0.4, 0.5) is 0 Å². The second-order valence-corrected chi connectivity index (χ2v) is 5.02. The Morgan fingerprint density at radius 1 is 1.33 bits per heavy atom. The van der Waals surface area contributed by atoms with Crippen LogP contribution in [0.15, 0.2) is 39.8 Å². The maximum atomic E-state index is 9.50. The van der Waals surface area contributed by atoms with Gasteiger partial charge in [0.15, 0.2) is 5.82 Å². The van der Waals surface area contributed by atoms with Gasteiger partial charge >= 0.3 is 0 Å². The molecule has 0 spiro atoms. The maximum Gasteiger partial charge on any atom is 0.229 e. The highest BCUT2D eigenvalue weighted by molar-refractivity contribution is 7.98. The van der Waals surface area contributed by atoms with E-state index < -0.39 is 6.10 Å². The van der Waals surface area contributed by atoms with Gasteiger partial charge in [-0.3, -0.25) is 0 Å². The van der Waals surface area contributed by atoms with Crippen LogP contribution < -0.4 is 0 Å². The average molecular weight is 264 g/mol. The summed E-state index contributed by atoms with van der Waals surface area (Å²) in [6, 6.07) is 10.1. The van der Waals surface area contributed by atoms with Crippen molar-refractivity contribution < 1.29 is 9.63 Å². The van der Waals surface area contributed by atoms with E-state index >= 15 is 0 Å². The lowest BCUT2D eigenvalue weighted by Gasteiger charge is -2.01. The molecule has 4 nitrogen and oxygen atoms in total. The quantitative estimate of drug-likeness (QED) is 0.813. The summed E-state index contributed by atoms with van der Waals surface area (Å²) >= 11 is 1.66. The molecule has 0 saturated carbocycles.